The molecule has 0 aliphatic carbocycles. The lowest BCUT2D eigenvalue weighted by Crippen LogP contribution is -2.46. The average Bonchev–Trinajstić information content (AvgIpc) is 2.45. The number of nitrogens with zero attached hydrogens (tertiary/aromatic N) is 1. The Hall–Kier alpha value is -1.85. The van der Waals surface area contributed by atoms with Crippen molar-refractivity contribution in [2.24, 2.45) is 5.73 Å². The van der Waals surface area contributed by atoms with Gasteiger partial charge in [-0.1, -0.05) is 18.2 Å². The summed E-state index contributed by atoms with van der Waals surface area (Å²) < 4.78 is 4.98. The van der Waals surface area contributed by atoms with E-state index in [9.17, 15) is 9.90 Å². The van der Waals surface area contributed by atoms with E-state index < -0.39 is 6.04 Å². The highest BCUT2D eigenvalue weighted by molar-refractivity contribution is 5.82. The quantitative estimate of drug-likeness (QED) is 0.693. The second kappa shape index (κ2) is 8.35. The van der Waals surface area contributed by atoms with Crippen molar-refractivity contribution in [2.45, 2.75) is 12.5 Å². The maximum absolute atomic E-state index is 12.3. The Kier molecular flexibility index (Phi) is 6.76. The lowest BCUT2D eigenvalue weighted by Gasteiger charge is -2.24. The van der Waals surface area contributed by atoms with Crippen LogP contribution in [0.5, 0.6) is 5.75 Å². The standard InChI is InChI=1S/C15H22N2O3/c1-3-8-17(9-10-20-2)15(19)14(16)11-12-4-6-13(18)7-5-12/h3-7,14,18H,1,8-11,16H2,2H3/t14-/m1/s1. The van der Waals surface area contributed by atoms with Crippen LogP contribution in [0, 0.1) is 0 Å². The van der Waals surface area contributed by atoms with Crippen LogP contribution < -0.4 is 5.73 Å². The number of hydrogen-bond donors (Lipinski definition) is 2. The first-order chi connectivity index (χ1) is 9.58. The number of carbonyl (C=O) groups is 1. The van der Waals surface area contributed by atoms with Crippen LogP contribution in [0.25, 0.3) is 0 Å². The van der Waals surface area contributed by atoms with Gasteiger partial charge in [0.2, 0.25) is 5.91 Å². The van der Waals surface area contributed by atoms with Crippen LogP contribution in [0.1, 0.15) is 5.56 Å². The lowest BCUT2D eigenvalue weighted by atomic mass is 10.1. The Balaban J connectivity index is 2.62. The van der Waals surface area contributed by atoms with Gasteiger partial charge in [0, 0.05) is 20.2 Å². The van der Waals surface area contributed by atoms with Gasteiger partial charge >= 0.3 is 0 Å². The lowest BCUT2D eigenvalue weighted by molar-refractivity contribution is -0.132. The summed E-state index contributed by atoms with van der Waals surface area (Å²) in [5.41, 5.74) is 6.87. The van der Waals surface area contributed by atoms with Crippen LogP contribution in [0.3, 0.4) is 0 Å². The van der Waals surface area contributed by atoms with Crippen molar-refractivity contribution in [3.05, 3.63) is 42.5 Å². The van der Waals surface area contributed by atoms with Crippen molar-refractivity contribution in [2.75, 3.05) is 26.8 Å². The zero-order valence-electron chi connectivity index (χ0n) is 11.8. The Morgan fingerprint density at radius 1 is 1.50 bits per heavy atom. The smallest absolute Gasteiger partial charge is 0.240 e. The van der Waals surface area contributed by atoms with Crippen molar-refractivity contribution in [3.63, 3.8) is 0 Å². The minimum Gasteiger partial charge on any atom is -0.508 e. The molecule has 0 heterocycles. The molecule has 0 bridgehead atoms. The number of methoxy groups -OCH3 is 1. The van der Waals surface area contributed by atoms with E-state index in [4.69, 9.17) is 10.5 Å². The van der Waals surface area contributed by atoms with E-state index in [1.807, 2.05) is 0 Å². The number of nitrogens with two attached hydrogens (primary N) is 1. The average molecular weight is 278 g/mol. The Morgan fingerprint density at radius 2 is 2.15 bits per heavy atom. The summed E-state index contributed by atoms with van der Waals surface area (Å²) >= 11 is 0. The maximum atomic E-state index is 12.3. The van der Waals surface area contributed by atoms with Crippen molar-refractivity contribution < 1.29 is 14.6 Å². The molecule has 110 valence electrons. The molecule has 0 radical (unpaired) electrons. The van der Waals surface area contributed by atoms with Gasteiger partial charge in [-0.2, -0.15) is 0 Å². The molecule has 1 rings (SSSR count). The number of rotatable bonds is 8. The monoisotopic (exact) mass is 278 g/mol. The minimum atomic E-state index is -0.614. The molecule has 0 fully saturated rings. The van der Waals surface area contributed by atoms with Gasteiger partial charge in [-0.25, -0.2) is 0 Å². The largest absolute Gasteiger partial charge is 0.508 e. The summed E-state index contributed by atoms with van der Waals surface area (Å²) in [6, 6.07) is 6.07. The zero-order valence-corrected chi connectivity index (χ0v) is 11.8. The van der Waals surface area contributed by atoms with Crippen LogP contribution in [-0.4, -0.2) is 48.8 Å². The Morgan fingerprint density at radius 3 is 2.70 bits per heavy atom. The predicted octanol–water partition coefficient (Wildman–Crippen LogP) is 0.923. The van der Waals surface area contributed by atoms with E-state index in [2.05, 4.69) is 6.58 Å². The van der Waals surface area contributed by atoms with E-state index in [1.54, 1.807) is 42.4 Å². The fourth-order valence-electron chi connectivity index (χ4n) is 1.86. The van der Waals surface area contributed by atoms with Gasteiger partial charge in [-0.15, -0.1) is 6.58 Å². The number of benzene rings is 1. The molecule has 5 nitrogen and oxygen atoms in total. The summed E-state index contributed by atoms with van der Waals surface area (Å²) in [4.78, 5) is 13.9. The van der Waals surface area contributed by atoms with Crippen molar-refractivity contribution in [3.8, 4) is 5.75 Å². The van der Waals surface area contributed by atoms with Gasteiger partial charge in [0.25, 0.3) is 0 Å². The van der Waals surface area contributed by atoms with Crippen LogP contribution >= 0.6 is 0 Å². The molecule has 1 amide bonds. The highest BCUT2D eigenvalue weighted by Crippen LogP contribution is 2.11. The van der Waals surface area contributed by atoms with Crippen molar-refractivity contribution >= 4 is 5.91 Å². The zero-order chi connectivity index (χ0) is 15.0. The van der Waals surface area contributed by atoms with Gasteiger partial charge in [-0.3, -0.25) is 4.79 Å². The van der Waals surface area contributed by atoms with Gasteiger partial charge in [-0.05, 0) is 24.1 Å². The van der Waals surface area contributed by atoms with E-state index in [1.165, 1.54) is 0 Å². The van der Waals surface area contributed by atoms with E-state index in [0.29, 0.717) is 26.1 Å². The first kappa shape index (κ1) is 16.2. The first-order valence-electron chi connectivity index (χ1n) is 6.50. The number of phenolic OH excluding ortho intramolecular Hbond substituents is 1. The van der Waals surface area contributed by atoms with Crippen LogP contribution in [0.4, 0.5) is 0 Å². The third-order valence-electron chi connectivity index (χ3n) is 2.94. The highest BCUT2D eigenvalue weighted by atomic mass is 16.5. The van der Waals surface area contributed by atoms with Gasteiger partial charge in [0.05, 0.1) is 12.6 Å². The fraction of sp³-hybridized carbons (Fsp3) is 0.400. The number of amides is 1. The maximum Gasteiger partial charge on any atom is 0.240 e. The molecular formula is C15H22N2O3. The summed E-state index contributed by atoms with van der Waals surface area (Å²) in [5, 5.41) is 9.22. The summed E-state index contributed by atoms with van der Waals surface area (Å²) in [6.07, 6.45) is 2.10. The predicted molar refractivity (Wildman–Crippen MR) is 78.4 cm³/mol. The first-order valence-corrected chi connectivity index (χ1v) is 6.50. The summed E-state index contributed by atoms with van der Waals surface area (Å²) in [7, 11) is 1.59. The number of aromatic hydroxyl groups is 1. The second-order valence-corrected chi connectivity index (χ2v) is 4.54. The normalized spacial score (nSPS) is 11.9. The van der Waals surface area contributed by atoms with Crippen molar-refractivity contribution in [1.29, 1.82) is 0 Å². The number of hydrogen-bond acceptors (Lipinski definition) is 4. The molecule has 5 heteroatoms. The van der Waals surface area contributed by atoms with Gasteiger partial charge < -0.3 is 20.5 Å². The molecule has 0 spiro atoms. The highest BCUT2D eigenvalue weighted by Gasteiger charge is 2.20. The fourth-order valence-corrected chi connectivity index (χ4v) is 1.86. The molecule has 1 aromatic carbocycles. The molecule has 1 aromatic rings. The number of carbonyl (C=O) groups excluding carboxylic acids is 1. The number of phenols is 1. The molecule has 20 heavy (non-hydrogen) atoms. The van der Waals surface area contributed by atoms with Crippen LogP contribution in [0.15, 0.2) is 36.9 Å². The van der Waals surface area contributed by atoms with E-state index >= 15 is 0 Å². The topological polar surface area (TPSA) is 75.8 Å². The number of ether oxygens (including phenoxy) is 1. The molecule has 3 N–H and O–H groups in total. The van der Waals surface area contributed by atoms with Gasteiger partial charge in [0.1, 0.15) is 5.75 Å². The molecule has 0 aromatic heterocycles. The third kappa shape index (κ3) is 5.03. The van der Waals surface area contributed by atoms with E-state index in [0.717, 1.165) is 5.56 Å². The molecule has 0 saturated carbocycles. The van der Waals surface area contributed by atoms with Crippen LogP contribution in [-0.2, 0) is 16.0 Å². The summed E-state index contributed by atoms with van der Waals surface area (Å²) in [5.74, 6) is 0.0667. The van der Waals surface area contributed by atoms with Crippen molar-refractivity contribution in [1.82, 2.24) is 4.90 Å². The molecule has 1 atom stereocenters. The van der Waals surface area contributed by atoms with E-state index in [-0.39, 0.29) is 11.7 Å². The SMILES string of the molecule is C=CCN(CCOC)C(=O)[C@H](N)Cc1ccc(O)cc1. The third-order valence-corrected chi connectivity index (χ3v) is 2.94. The Labute approximate surface area is 119 Å². The minimum absolute atomic E-state index is 0.130. The Bertz CT molecular complexity index is 431. The molecule has 0 unspecified atom stereocenters. The van der Waals surface area contributed by atoms with Gasteiger partial charge in [0.15, 0.2) is 0 Å². The molecule has 0 aliphatic heterocycles. The molecule has 0 saturated heterocycles. The molecule has 0 aliphatic rings. The molecular weight excluding hydrogens is 256 g/mol. The second-order valence-electron chi connectivity index (χ2n) is 4.54. The summed E-state index contributed by atoms with van der Waals surface area (Å²) in [6.45, 7) is 5.05. The van der Waals surface area contributed by atoms with Crippen LogP contribution in [0.2, 0.25) is 0 Å².